The van der Waals surface area contributed by atoms with Gasteiger partial charge in [0.25, 0.3) is 0 Å². The van der Waals surface area contributed by atoms with Crippen LogP contribution in [0.3, 0.4) is 0 Å². The van der Waals surface area contributed by atoms with Gasteiger partial charge in [0.1, 0.15) is 0 Å². The molecule has 0 amide bonds. The highest BCUT2D eigenvalue weighted by Crippen LogP contribution is 2.31. The Morgan fingerprint density at radius 2 is 2.07 bits per heavy atom. The van der Waals surface area contributed by atoms with Crippen molar-refractivity contribution in [3.05, 3.63) is 29.8 Å². The SMILES string of the molecule is COc1cccc(C=CC(=O)Cl)c1OC. The van der Waals surface area contributed by atoms with Gasteiger partial charge in [-0.25, -0.2) is 0 Å². The van der Waals surface area contributed by atoms with Gasteiger partial charge in [0, 0.05) is 5.56 Å². The van der Waals surface area contributed by atoms with Gasteiger partial charge in [0.2, 0.25) is 5.24 Å². The summed E-state index contributed by atoms with van der Waals surface area (Å²) in [4.78, 5) is 10.6. The fraction of sp³-hybridized carbons (Fsp3) is 0.182. The molecular formula is C11H11ClO3. The Kier molecular flexibility index (Phi) is 4.18. The lowest BCUT2D eigenvalue weighted by atomic mass is 10.1. The fourth-order valence-corrected chi connectivity index (χ4v) is 1.26. The largest absolute Gasteiger partial charge is 0.493 e. The number of benzene rings is 1. The summed E-state index contributed by atoms with van der Waals surface area (Å²) in [5, 5.41) is -0.528. The number of halogens is 1. The Bertz CT molecular complexity index is 385. The van der Waals surface area contributed by atoms with Gasteiger partial charge in [-0.2, -0.15) is 0 Å². The van der Waals surface area contributed by atoms with Crippen molar-refractivity contribution in [2.75, 3.05) is 14.2 Å². The van der Waals surface area contributed by atoms with Gasteiger partial charge in [0.05, 0.1) is 14.2 Å². The molecule has 0 atom stereocenters. The zero-order valence-electron chi connectivity index (χ0n) is 8.49. The summed E-state index contributed by atoms with van der Waals surface area (Å²) in [6, 6.07) is 5.39. The first-order valence-electron chi connectivity index (χ1n) is 4.27. The molecule has 1 rings (SSSR count). The standard InChI is InChI=1S/C11H11ClO3/c1-14-9-5-3-4-8(11(9)15-2)6-7-10(12)13/h3-7H,1-2H3. The van der Waals surface area contributed by atoms with E-state index in [-0.39, 0.29) is 0 Å². The number of hydrogen-bond acceptors (Lipinski definition) is 3. The lowest BCUT2D eigenvalue weighted by Gasteiger charge is -2.09. The zero-order chi connectivity index (χ0) is 11.3. The summed E-state index contributed by atoms with van der Waals surface area (Å²) < 4.78 is 10.3. The molecule has 0 saturated heterocycles. The first-order valence-corrected chi connectivity index (χ1v) is 4.65. The van der Waals surface area contributed by atoms with Crippen LogP contribution in [0, 0.1) is 0 Å². The summed E-state index contributed by atoms with van der Waals surface area (Å²) >= 11 is 5.20. The van der Waals surface area contributed by atoms with Gasteiger partial charge in [-0.1, -0.05) is 12.1 Å². The molecule has 1 aromatic carbocycles. The molecule has 0 aliphatic rings. The molecule has 4 heteroatoms. The molecule has 0 unspecified atom stereocenters. The summed E-state index contributed by atoms with van der Waals surface area (Å²) in [7, 11) is 3.09. The highest BCUT2D eigenvalue weighted by molar-refractivity contribution is 6.66. The van der Waals surface area contributed by atoms with Gasteiger partial charge in [-0.05, 0) is 29.8 Å². The van der Waals surface area contributed by atoms with Gasteiger partial charge >= 0.3 is 0 Å². The zero-order valence-corrected chi connectivity index (χ0v) is 9.25. The van der Waals surface area contributed by atoms with Crippen molar-refractivity contribution < 1.29 is 14.3 Å². The molecule has 1 aromatic rings. The van der Waals surface area contributed by atoms with Crippen LogP contribution in [-0.4, -0.2) is 19.5 Å². The first kappa shape index (κ1) is 11.6. The maximum absolute atomic E-state index is 10.6. The van der Waals surface area contributed by atoms with Crippen LogP contribution in [0.15, 0.2) is 24.3 Å². The number of para-hydroxylation sites is 1. The second kappa shape index (κ2) is 5.41. The summed E-state index contributed by atoms with van der Waals surface area (Å²) in [6.07, 6.45) is 2.84. The summed E-state index contributed by atoms with van der Waals surface area (Å²) in [6.45, 7) is 0. The van der Waals surface area contributed by atoms with Crippen molar-refractivity contribution in [1.29, 1.82) is 0 Å². The third-order valence-corrected chi connectivity index (χ3v) is 1.95. The van der Waals surface area contributed by atoms with Gasteiger partial charge in [0.15, 0.2) is 11.5 Å². The monoisotopic (exact) mass is 226 g/mol. The Morgan fingerprint density at radius 3 is 2.60 bits per heavy atom. The minimum absolute atomic E-state index is 0.528. The van der Waals surface area contributed by atoms with Gasteiger partial charge < -0.3 is 9.47 Å². The van der Waals surface area contributed by atoms with Crippen molar-refractivity contribution in [3.8, 4) is 11.5 Å². The number of allylic oxidation sites excluding steroid dienone is 1. The summed E-state index contributed by atoms with van der Waals surface area (Å²) in [5.41, 5.74) is 0.742. The average molecular weight is 227 g/mol. The van der Waals surface area contributed by atoms with Crippen LogP contribution in [0.2, 0.25) is 0 Å². The number of carbonyl (C=O) groups is 1. The number of methoxy groups -OCH3 is 2. The van der Waals surface area contributed by atoms with Crippen LogP contribution in [0.4, 0.5) is 0 Å². The Labute approximate surface area is 93.3 Å². The molecule has 3 nitrogen and oxygen atoms in total. The molecular weight excluding hydrogens is 216 g/mol. The second-order valence-electron chi connectivity index (χ2n) is 2.72. The molecule has 0 aliphatic heterocycles. The molecule has 80 valence electrons. The van der Waals surface area contributed by atoms with Crippen LogP contribution < -0.4 is 9.47 Å². The van der Waals surface area contributed by atoms with Crippen LogP contribution in [0.1, 0.15) is 5.56 Å². The van der Waals surface area contributed by atoms with E-state index in [0.29, 0.717) is 11.5 Å². The predicted molar refractivity (Wildman–Crippen MR) is 59.4 cm³/mol. The molecule has 0 aromatic heterocycles. The van der Waals surface area contributed by atoms with Gasteiger partial charge in [-0.15, -0.1) is 0 Å². The van der Waals surface area contributed by atoms with E-state index in [1.807, 2.05) is 0 Å². The van der Waals surface area contributed by atoms with Crippen LogP contribution in [0.25, 0.3) is 6.08 Å². The Hall–Kier alpha value is -1.48. The predicted octanol–water partition coefficient (Wildman–Crippen LogP) is 2.48. The van der Waals surface area contributed by atoms with Crippen LogP contribution in [0.5, 0.6) is 11.5 Å². The second-order valence-corrected chi connectivity index (χ2v) is 3.09. The number of ether oxygens (including phenoxy) is 2. The van der Waals surface area contributed by atoms with Gasteiger partial charge in [-0.3, -0.25) is 4.79 Å². The maximum Gasteiger partial charge on any atom is 0.245 e. The molecule has 0 fully saturated rings. The number of carbonyl (C=O) groups excluding carboxylic acids is 1. The molecule has 0 aliphatic carbocycles. The normalized spacial score (nSPS) is 10.3. The minimum atomic E-state index is -0.528. The van der Waals surface area contributed by atoms with Crippen molar-refractivity contribution >= 4 is 22.9 Å². The highest BCUT2D eigenvalue weighted by Gasteiger charge is 2.06. The third kappa shape index (κ3) is 2.99. The van der Waals surface area contributed by atoms with E-state index in [4.69, 9.17) is 21.1 Å². The molecule has 0 N–H and O–H groups in total. The topological polar surface area (TPSA) is 35.5 Å². The molecule has 0 saturated carbocycles. The van der Waals surface area contributed by atoms with Crippen LogP contribution >= 0.6 is 11.6 Å². The Morgan fingerprint density at radius 1 is 1.33 bits per heavy atom. The van der Waals surface area contributed by atoms with E-state index < -0.39 is 5.24 Å². The van der Waals surface area contributed by atoms with E-state index in [1.54, 1.807) is 31.4 Å². The number of rotatable bonds is 4. The highest BCUT2D eigenvalue weighted by atomic mass is 35.5. The van der Waals surface area contributed by atoms with Crippen molar-refractivity contribution in [1.82, 2.24) is 0 Å². The maximum atomic E-state index is 10.6. The van der Waals surface area contributed by atoms with Crippen molar-refractivity contribution in [2.24, 2.45) is 0 Å². The molecule has 15 heavy (non-hydrogen) atoms. The van der Waals surface area contributed by atoms with Crippen LogP contribution in [-0.2, 0) is 4.79 Å². The summed E-state index contributed by atoms with van der Waals surface area (Å²) in [5.74, 6) is 1.19. The molecule has 0 heterocycles. The molecule has 0 bridgehead atoms. The lowest BCUT2D eigenvalue weighted by molar-refractivity contribution is -0.107. The van der Waals surface area contributed by atoms with E-state index in [2.05, 4.69) is 0 Å². The average Bonchev–Trinajstić information content (AvgIpc) is 2.25. The van der Waals surface area contributed by atoms with Crippen molar-refractivity contribution in [2.45, 2.75) is 0 Å². The number of hydrogen-bond donors (Lipinski definition) is 0. The smallest absolute Gasteiger partial charge is 0.245 e. The first-order chi connectivity index (χ1) is 7.19. The minimum Gasteiger partial charge on any atom is -0.493 e. The third-order valence-electron chi connectivity index (χ3n) is 1.83. The van der Waals surface area contributed by atoms with E-state index >= 15 is 0 Å². The fourth-order valence-electron chi connectivity index (χ4n) is 1.20. The quantitative estimate of drug-likeness (QED) is 0.585. The van der Waals surface area contributed by atoms with E-state index in [9.17, 15) is 4.79 Å². The lowest BCUT2D eigenvalue weighted by Crippen LogP contribution is -1.92. The molecule has 0 radical (unpaired) electrons. The van der Waals surface area contributed by atoms with E-state index in [0.717, 1.165) is 5.56 Å². The van der Waals surface area contributed by atoms with Crippen molar-refractivity contribution in [3.63, 3.8) is 0 Å². The van der Waals surface area contributed by atoms with E-state index in [1.165, 1.54) is 13.2 Å². The molecule has 0 spiro atoms. The Balaban J connectivity index is 3.11.